The molecule has 1 heterocycles. The summed E-state index contributed by atoms with van der Waals surface area (Å²) in [5.41, 5.74) is -2.52. The van der Waals surface area contributed by atoms with Gasteiger partial charge in [-0.1, -0.05) is 17.7 Å². The second-order valence-corrected chi connectivity index (χ2v) is 7.41. The Morgan fingerprint density at radius 2 is 1.64 bits per heavy atom. The number of alkyl halides is 3. The summed E-state index contributed by atoms with van der Waals surface area (Å²) in [5.74, 6) is -3.38. The van der Waals surface area contributed by atoms with Crippen LogP contribution in [0.15, 0.2) is 47.3 Å². The largest absolute Gasteiger partial charge is 0.425 e. The molecule has 172 valence electrons. The molecule has 0 radical (unpaired) electrons. The topological polar surface area (TPSA) is 85.7 Å². The Labute approximate surface area is 189 Å². The summed E-state index contributed by atoms with van der Waals surface area (Å²) in [6, 6.07) is 7.75. The van der Waals surface area contributed by atoms with Crippen LogP contribution in [0.25, 0.3) is 10.9 Å². The highest BCUT2D eigenvalue weighted by atomic mass is 35.5. The standard InChI is InChI=1S/C22H16ClF3N2O5/c1-11(29)28(14-9-7-13(8-10-14)22(24,25)26)21(32)18-19(33-12(2)30)17-15(23)5-4-6-16(17)27(3)20(18)31/h4-10H,1-3H3. The van der Waals surface area contributed by atoms with E-state index in [1.54, 1.807) is 6.07 Å². The van der Waals surface area contributed by atoms with Crippen molar-refractivity contribution in [3.05, 3.63) is 69.0 Å². The molecule has 0 spiro atoms. The molecular weight excluding hydrogens is 465 g/mol. The third-order valence-corrected chi connectivity index (χ3v) is 5.07. The number of imide groups is 1. The van der Waals surface area contributed by atoms with E-state index in [0.29, 0.717) is 17.0 Å². The van der Waals surface area contributed by atoms with E-state index in [0.717, 1.165) is 30.5 Å². The van der Waals surface area contributed by atoms with Crippen LogP contribution in [0.1, 0.15) is 29.8 Å². The number of nitrogens with zero attached hydrogens (tertiary/aromatic N) is 2. The van der Waals surface area contributed by atoms with Gasteiger partial charge >= 0.3 is 12.1 Å². The zero-order valence-electron chi connectivity index (χ0n) is 17.5. The lowest BCUT2D eigenvalue weighted by Crippen LogP contribution is -2.40. The number of ether oxygens (including phenoxy) is 1. The molecule has 0 N–H and O–H groups in total. The minimum atomic E-state index is -4.63. The van der Waals surface area contributed by atoms with Crippen LogP contribution < -0.4 is 15.2 Å². The van der Waals surface area contributed by atoms with Gasteiger partial charge in [0, 0.05) is 20.9 Å². The van der Waals surface area contributed by atoms with Gasteiger partial charge in [0.15, 0.2) is 5.75 Å². The normalized spacial score (nSPS) is 11.4. The van der Waals surface area contributed by atoms with Gasteiger partial charge in [0.25, 0.3) is 11.5 Å². The number of rotatable bonds is 3. The quantitative estimate of drug-likeness (QED) is 0.521. The average Bonchev–Trinajstić information content (AvgIpc) is 2.71. The second-order valence-electron chi connectivity index (χ2n) is 7.00. The molecule has 33 heavy (non-hydrogen) atoms. The molecule has 3 aromatic rings. The molecule has 0 aliphatic heterocycles. The molecule has 3 rings (SSSR count). The van der Waals surface area contributed by atoms with E-state index < -0.39 is 46.4 Å². The maximum absolute atomic E-state index is 13.4. The molecule has 0 aliphatic carbocycles. The van der Waals surface area contributed by atoms with Crippen molar-refractivity contribution in [1.82, 2.24) is 4.57 Å². The molecule has 0 saturated carbocycles. The van der Waals surface area contributed by atoms with E-state index >= 15 is 0 Å². The number of aryl methyl sites for hydroxylation is 1. The fourth-order valence-electron chi connectivity index (χ4n) is 3.30. The monoisotopic (exact) mass is 480 g/mol. The van der Waals surface area contributed by atoms with Crippen molar-refractivity contribution in [2.24, 2.45) is 7.05 Å². The molecule has 2 aromatic carbocycles. The molecule has 0 atom stereocenters. The minimum absolute atomic E-state index is 0.0669. The Kier molecular flexibility index (Phi) is 6.33. The summed E-state index contributed by atoms with van der Waals surface area (Å²) >= 11 is 6.26. The maximum Gasteiger partial charge on any atom is 0.416 e. The first kappa shape index (κ1) is 24.0. The summed E-state index contributed by atoms with van der Waals surface area (Å²) in [7, 11) is 1.35. The third-order valence-electron chi connectivity index (χ3n) is 4.76. The van der Waals surface area contributed by atoms with E-state index in [2.05, 4.69) is 0 Å². The molecule has 0 aliphatic rings. The van der Waals surface area contributed by atoms with Crippen molar-refractivity contribution in [3.63, 3.8) is 0 Å². The number of carbonyl (C=O) groups is 3. The Morgan fingerprint density at radius 1 is 1.03 bits per heavy atom. The fourth-order valence-corrected chi connectivity index (χ4v) is 3.56. The molecule has 0 unspecified atom stereocenters. The lowest BCUT2D eigenvalue weighted by atomic mass is 10.1. The van der Waals surface area contributed by atoms with Gasteiger partial charge in [-0.2, -0.15) is 13.2 Å². The lowest BCUT2D eigenvalue weighted by molar-refractivity contribution is -0.137. The van der Waals surface area contributed by atoms with Crippen LogP contribution in [0.4, 0.5) is 18.9 Å². The van der Waals surface area contributed by atoms with Crippen molar-refractivity contribution in [2.75, 3.05) is 4.90 Å². The molecule has 2 amide bonds. The number of amides is 2. The first-order valence-corrected chi connectivity index (χ1v) is 9.74. The third kappa shape index (κ3) is 4.47. The Morgan fingerprint density at radius 3 is 2.15 bits per heavy atom. The van der Waals surface area contributed by atoms with Gasteiger partial charge < -0.3 is 9.30 Å². The molecular formula is C22H16ClF3N2O5. The predicted molar refractivity (Wildman–Crippen MR) is 114 cm³/mol. The van der Waals surface area contributed by atoms with Crippen molar-refractivity contribution in [2.45, 2.75) is 20.0 Å². The van der Waals surface area contributed by atoms with Gasteiger partial charge in [-0.3, -0.25) is 19.2 Å². The number of pyridine rings is 1. The SMILES string of the molecule is CC(=O)Oc1c(C(=O)N(C(C)=O)c2ccc(C(F)(F)F)cc2)c(=O)n(C)c2cccc(Cl)c12. The number of carbonyl (C=O) groups excluding carboxylic acids is 3. The minimum Gasteiger partial charge on any atom is -0.425 e. The number of halogens is 4. The van der Waals surface area contributed by atoms with Crippen LogP contribution in [0.2, 0.25) is 5.02 Å². The van der Waals surface area contributed by atoms with Crippen LogP contribution >= 0.6 is 11.6 Å². The summed E-state index contributed by atoms with van der Waals surface area (Å²) in [5, 5.41) is 0.146. The highest BCUT2D eigenvalue weighted by molar-refractivity contribution is 6.36. The number of fused-ring (bicyclic) bond motifs is 1. The van der Waals surface area contributed by atoms with Gasteiger partial charge in [0.1, 0.15) is 5.56 Å². The second kappa shape index (κ2) is 8.70. The van der Waals surface area contributed by atoms with Crippen LogP contribution in [0, 0.1) is 0 Å². The van der Waals surface area contributed by atoms with Gasteiger partial charge in [-0.05, 0) is 36.4 Å². The van der Waals surface area contributed by atoms with E-state index in [-0.39, 0.29) is 21.6 Å². The van der Waals surface area contributed by atoms with E-state index in [9.17, 15) is 32.3 Å². The summed E-state index contributed by atoms with van der Waals surface area (Å²) in [6.07, 6.45) is -4.63. The van der Waals surface area contributed by atoms with E-state index in [4.69, 9.17) is 16.3 Å². The summed E-state index contributed by atoms with van der Waals surface area (Å²) in [4.78, 5) is 51.2. The highest BCUT2D eigenvalue weighted by Crippen LogP contribution is 2.35. The van der Waals surface area contributed by atoms with E-state index in [1.165, 1.54) is 19.2 Å². The highest BCUT2D eigenvalue weighted by Gasteiger charge is 2.33. The average molecular weight is 481 g/mol. The molecule has 7 nitrogen and oxygen atoms in total. The molecule has 1 aromatic heterocycles. The number of esters is 1. The summed E-state index contributed by atoms with van der Waals surface area (Å²) < 4.78 is 45.0. The first-order chi connectivity index (χ1) is 15.3. The number of benzene rings is 2. The van der Waals surface area contributed by atoms with Crippen molar-refractivity contribution in [1.29, 1.82) is 0 Å². The van der Waals surface area contributed by atoms with Gasteiger partial charge in [0.05, 0.1) is 27.2 Å². The zero-order valence-corrected chi connectivity index (χ0v) is 18.2. The van der Waals surface area contributed by atoms with Crippen LogP contribution in [0.3, 0.4) is 0 Å². The van der Waals surface area contributed by atoms with Crippen molar-refractivity contribution >= 4 is 46.0 Å². The molecule has 0 fully saturated rings. The Bertz CT molecular complexity index is 1350. The van der Waals surface area contributed by atoms with Gasteiger partial charge in [-0.25, -0.2) is 4.90 Å². The fraction of sp³-hybridized carbons (Fsp3) is 0.182. The smallest absolute Gasteiger partial charge is 0.416 e. The van der Waals surface area contributed by atoms with E-state index in [1.807, 2.05) is 0 Å². The first-order valence-electron chi connectivity index (χ1n) is 9.36. The Balaban J connectivity index is 2.29. The summed E-state index contributed by atoms with van der Waals surface area (Å²) in [6.45, 7) is 2.05. The van der Waals surface area contributed by atoms with Crippen LogP contribution in [0.5, 0.6) is 5.75 Å². The van der Waals surface area contributed by atoms with Crippen molar-refractivity contribution in [3.8, 4) is 5.75 Å². The predicted octanol–water partition coefficient (Wildman–Crippen LogP) is 4.33. The maximum atomic E-state index is 13.4. The molecule has 0 bridgehead atoms. The van der Waals surface area contributed by atoms with Gasteiger partial charge in [-0.15, -0.1) is 0 Å². The Hall–Kier alpha value is -3.66. The van der Waals surface area contributed by atoms with Crippen LogP contribution in [-0.4, -0.2) is 22.4 Å². The molecule has 11 heteroatoms. The lowest BCUT2D eigenvalue weighted by Gasteiger charge is -2.22. The number of hydrogen-bond acceptors (Lipinski definition) is 5. The molecule has 0 saturated heterocycles. The van der Waals surface area contributed by atoms with Crippen molar-refractivity contribution < 1.29 is 32.3 Å². The number of hydrogen-bond donors (Lipinski definition) is 0. The van der Waals surface area contributed by atoms with Crippen LogP contribution in [-0.2, 0) is 22.8 Å². The number of anilines is 1. The van der Waals surface area contributed by atoms with Gasteiger partial charge in [0.2, 0.25) is 5.91 Å². The number of aromatic nitrogens is 1. The zero-order chi connectivity index (χ0) is 24.7.